The third kappa shape index (κ3) is 5.48. The Kier molecular flexibility index (Phi) is 6.92. The number of carbonyl (C=O) groups is 2. The van der Waals surface area contributed by atoms with Crippen molar-refractivity contribution in [3.8, 4) is 0 Å². The monoisotopic (exact) mass is 431 g/mol. The van der Waals surface area contributed by atoms with Crippen molar-refractivity contribution >= 4 is 52.7 Å². The van der Waals surface area contributed by atoms with Crippen LogP contribution < -0.4 is 10.6 Å². The largest absolute Gasteiger partial charge is 0.327 e. The predicted octanol–water partition coefficient (Wildman–Crippen LogP) is 5.64. The molecule has 3 rings (SSSR count). The number of urea groups is 1. The van der Waals surface area contributed by atoms with Gasteiger partial charge in [0.1, 0.15) is 5.82 Å². The van der Waals surface area contributed by atoms with Crippen LogP contribution in [0.15, 0.2) is 71.8 Å². The van der Waals surface area contributed by atoms with Crippen molar-refractivity contribution in [1.29, 1.82) is 0 Å². The van der Waals surface area contributed by atoms with Crippen LogP contribution in [0.4, 0.5) is 10.6 Å². The van der Waals surface area contributed by atoms with Gasteiger partial charge in [0.2, 0.25) is 0 Å². The molecule has 2 N–H and O–H groups in total. The Morgan fingerprint density at radius 2 is 1.64 bits per heavy atom. The summed E-state index contributed by atoms with van der Waals surface area (Å²) in [5, 5.41) is 5.02. The molecule has 0 bridgehead atoms. The summed E-state index contributed by atoms with van der Waals surface area (Å²) in [4.78, 5) is 29.4. The number of hydrogen-bond donors (Lipinski definition) is 2. The lowest BCUT2D eigenvalue weighted by atomic mass is 10.2. The molecule has 28 heavy (non-hydrogen) atoms. The zero-order valence-electron chi connectivity index (χ0n) is 14.5. The van der Waals surface area contributed by atoms with Crippen LogP contribution in [0.25, 0.3) is 0 Å². The van der Waals surface area contributed by atoms with Crippen LogP contribution in [0, 0.1) is 0 Å². The smallest absolute Gasteiger partial charge is 0.292 e. The van der Waals surface area contributed by atoms with Gasteiger partial charge in [-0.05, 0) is 29.8 Å². The van der Waals surface area contributed by atoms with E-state index in [-0.39, 0.29) is 15.6 Å². The normalized spacial score (nSPS) is 10.4. The number of aromatic nitrogens is 1. The van der Waals surface area contributed by atoms with Crippen LogP contribution in [-0.2, 0) is 5.75 Å². The zero-order valence-corrected chi connectivity index (χ0v) is 16.8. The summed E-state index contributed by atoms with van der Waals surface area (Å²) >= 11 is 13.6. The molecule has 0 aliphatic heterocycles. The van der Waals surface area contributed by atoms with Crippen molar-refractivity contribution in [3.05, 3.63) is 88.0 Å². The topological polar surface area (TPSA) is 71.1 Å². The van der Waals surface area contributed by atoms with Crippen LogP contribution in [-0.4, -0.2) is 16.9 Å². The van der Waals surface area contributed by atoms with Crippen molar-refractivity contribution in [3.63, 3.8) is 0 Å². The first-order chi connectivity index (χ1) is 13.5. The maximum atomic E-state index is 12.2. The van der Waals surface area contributed by atoms with Crippen LogP contribution in [0.1, 0.15) is 15.9 Å². The molecule has 0 saturated carbocycles. The molecule has 0 radical (unpaired) electrons. The Labute approximate surface area is 176 Å². The molecule has 3 aromatic rings. The minimum absolute atomic E-state index is 0.0432. The highest BCUT2D eigenvalue weighted by molar-refractivity contribution is 7.98. The Balaban J connectivity index is 1.55. The lowest BCUT2D eigenvalue weighted by Gasteiger charge is -2.09. The first-order valence-electron chi connectivity index (χ1n) is 8.22. The fourth-order valence-electron chi connectivity index (χ4n) is 2.31. The summed E-state index contributed by atoms with van der Waals surface area (Å²) in [6.45, 7) is 0. The number of pyridine rings is 1. The van der Waals surface area contributed by atoms with E-state index in [0.29, 0.717) is 5.82 Å². The second-order valence-corrected chi connectivity index (χ2v) is 7.52. The summed E-state index contributed by atoms with van der Waals surface area (Å²) in [6, 6.07) is 17.5. The Hall–Kier alpha value is -2.54. The minimum atomic E-state index is -0.724. The van der Waals surface area contributed by atoms with Gasteiger partial charge in [-0.2, -0.15) is 0 Å². The maximum Gasteiger partial charge on any atom is 0.327 e. The second kappa shape index (κ2) is 9.59. The maximum absolute atomic E-state index is 12.2. The first kappa shape index (κ1) is 20.2. The van der Waals surface area contributed by atoms with E-state index >= 15 is 0 Å². The van der Waals surface area contributed by atoms with Gasteiger partial charge in [-0.3, -0.25) is 15.4 Å². The molecule has 0 saturated heterocycles. The standard InChI is InChI=1S/C20H15Cl2N3O2S/c21-15-7-4-8-16(22)18(15)19(26)25-20(27)24-17-10-9-14(11-23-17)28-12-13-5-2-1-3-6-13/h1-11H,12H2,(H2,23,24,25,26,27). The van der Waals surface area contributed by atoms with Crippen LogP contribution >= 0.6 is 35.0 Å². The quantitative estimate of drug-likeness (QED) is 0.512. The van der Waals surface area contributed by atoms with E-state index in [4.69, 9.17) is 23.2 Å². The van der Waals surface area contributed by atoms with Crippen LogP contribution in [0.2, 0.25) is 10.0 Å². The Morgan fingerprint density at radius 3 is 2.29 bits per heavy atom. The molecule has 3 amide bonds. The number of nitrogens with zero attached hydrogens (tertiary/aromatic N) is 1. The highest BCUT2D eigenvalue weighted by atomic mass is 35.5. The fourth-order valence-corrected chi connectivity index (χ4v) is 3.69. The van der Waals surface area contributed by atoms with Gasteiger partial charge in [0.05, 0.1) is 15.6 Å². The molecular weight excluding hydrogens is 417 g/mol. The van der Waals surface area contributed by atoms with E-state index in [9.17, 15) is 9.59 Å². The molecule has 1 aromatic heterocycles. The van der Waals surface area contributed by atoms with Gasteiger partial charge in [0.15, 0.2) is 0 Å². The average Bonchev–Trinajstić information content (AvgIpc) is 2.68. The SMILES string of the molecule is O=C(NC(=O)c1c(Cl)cccc1Cl)Nc1ccc(SCc2ccccc2)cn1. The number of hydrogen-bond acceptors (Lipinski definition) is 4. The predicted molar refractivity (Wildman–Crippen MR) is 113 cm³/mol. The van der Waals surface area contributed by atoms with Gasteiger partial charge >= 0.3 is 6.03 Å². The van der Waals surface area contributed by atoms with Crippen LogP contribution in [0.5, 0.6) is 0 Å². The molecule has 0 aliphatic carbocycles. The van der Waals surface area contributed by atoms with Crippen molar-refractivity contribution < 1.29 is 9.59 Å². The van der Waals surface area contributed by atoms with Crippen LogP contribution in [0.3, 0.4) is 0 Å². The molecule has 0 atom stereocenters. The van der Waals surface area contributed by atoms with E-state index in [1.54, 1.807) is 30.1 Å². The summed E-state index contributed by atoms with van der Waals surface area (Å²) in [5.74, 6) is 0.450. The summed E-state index contributed by atoms with van der Waals surface area (Å²) in [7, 11) is 0. The number of carbonyl (C=O) groups excluding carboxylic acids is 2. The number of halogens is 2. The van der Waals surface area contributed by atoms with E-state index in [1.807, 2.05) is 24.3 Å². The molecule has 5 nitrogen and oxygen atoms in total. The number of benzene rings is 2. The number of anilines is 1. The fraction of sp³-hybridized carbons (Fsp3) is 0.0500. The Morgan fingerprint density at radius 1 is 0.929 bits per heavy atom. The summed E-state index contributed by atoms with van der Waals surface area (Å²) in [6.07, 6.45) is 1.66. The molecule has 0 unspecified atom stereocenters. The molecule has 142 valence electrons. The lowest BCUT2D eigenvalue weighted by molar-refractivity contribution is 0.0967. The van der Waals surface area contributed by atoms with Gasteiger partial charge in [-0.25, -0.2) is 9.78 Å². The first-order valence-corrected chi connectivity index (χ1v) is 9.96. The van der Waals surface area contributed by atoms with Crippen molar-refractivity contribution in [2.45, 2.75) is 10.6 Å². The Bertz CT molecular complexity index is 962. The number of rotatable bonds is 5. The highest BCUT2D eigenvalue weighted by Crippen LogP contribution is 2.24. The van der Waals surface area contributed by atoms with Gasteiger partial charge < -0.3 is 0 Å². The minimum Gasteiger partial charge on any atom is -0.292 e. The van der Waals surface area contributed by atoms with Gasteiger partial charge in [0.25, 0.3) is 5.91 Å². The second-order valence-electron chi connectivity index (χ2n) is 5.66. The third-order valence-electron chi connectivity index (χ3n) is 3.64. The number of nitrogens with one attached hydrogen (secondary N) is 2. The van der Waals surface area contributed by atoms with E-state index in [0.717, 1.165) is 10.6 Å². The number of imide groups is 1. The van der Waals surface area contributed by atoms with E-state index < -0.39 is 11.9 Å². The zero-order chi connectivity index (χ0) is 19.9. The van der Waals surface area contributed by atoms with Crippen molar-refractivity contribution in [2.24, 2.45) is 0 Å². The number of thioether (sulfide) groups is 1. The van der Waals surface area contributed by atoms with E-state index in [2.05, 4.69) is 27.8 Å². The molecule has 0 spiro atoms. The molecule has 1 heterocycles. The summed E-state index contributed by atoms with van der Waals surface area (Å²) in [5.41, 5.74) is 1.26. The average molecular weight is 432 g/mol. The molecule has 8 heteroatoms. The van der Waals surface area contributed by atoms with E-state index in [1.165, 1.54) is 17.7 Å². The van der Waals surface area contributed by atoms with Crippen molar-refractivity contribution in [2.75, 3.05) is 5.32 Å². The molecule has 2 aromatic carbocycles. The lowest BCUT2D eigenvalue weighted by Crippen LogP contribution is -2.34. The molecular formula is C20H15Cl2N3O2S. The third-order valence-corrected chi connectivity index (χ3v) is 5.33. The number of amides is 3. The molecule has 0 fully saturated rings. The highest BCUT2D eigenvalue weighted by Gasteiger charge is 2.17. The van der Waals surface area contributed by atoms with Gasteiger partial charge in [0, 0.05) is 16.8 Å². The summed E-state index contributed by atoms with van der Waals surface area (Å²) < 4.78 is 0. The van der Waals surface area contributed by atoms with Crippen molar-refractivity contribution in [1.82, 2.24) is 10.3 Å². The van der Waals surface area contributed by atoms with Gasteiger partial charge in [-0.1, -0.05) is 59.6 Å². The molecule has 0 aliphatic rings. The van der Waals surface area contributed by atoms with Gasteiger partial charge in [-0.15, -0.1) is 11.8 Å².